The van der Waals surface area contributed by atoms with Gasteiger partial charge in [-0.05, 0) is 42.7 Å². The largest absolute Gasteiger partial charge is 0.465 e. The summed E-state index contributed by atoms with van der Waals surface area (Å²) in [6, 6.07) is 20.7. The zero-order chi connectivity index (χ0) is 28.6. The number of anilines is 1. The van der Waals surface area contributed by atoms with Crippen molar-refractivity contribution in [3.63, 3.8) is 0 Å². The maximum Gasteiger partial charge on any atom is 0.339 e. The summed E-state index contributed by atoms with van der Waals surface area (Å²) in [4.78, 5) is 61.7. The van der Waals surface area contributed by atoms with Gasteiger partial charge in [0.2, 0.25) is 11.8 Å². The van der Waals surface area contributed by atoms with Gasteiger partial charge in [0.25, 0.3) is 5.56 Å². The highest BCUT2D eigenvalue weighted by molar-refractivity contribution is 6.25. The van der Waals surface area contributed by atoms with Crippen LogP contribution in [0.4, 0.5) is 5.69 Å². The predicted molar refractivity (Wildman–Crippen MR) is 152 cm³/mol. The van der Waals surface area contributed by atoms with E-state index in [0.717, 1.165) is 10.5 Å². The fourth-order valence-corrected chi connectivity index (χ4v) is 7.12. The first-order valence-corrected chi connectivity index (χ1v) is 13.7. The minimum absolute atomic E-state index is 0.131. The number of hydrogen-bond donors (Lipinski definition) is 1. The van der Waals surface area contributed by atoms with Crippen molar-refractivity contribution in [1.29, 1.82) is 0 Å². The number of aromatic nitrogens is 2. The van der Waals surface area contributed by atoms with E-state index in [1.165, 1.54) is 7.11 Å². The van der Waals surface area contributed by atoms with Crippen LogP contribution in [-0.4, -0.2) is 40.5 Å². The molecule has 4 heterocycles. The number of benzene rings is 3. The van der Waals surface area contributed by atoms with E-state index in [1.807, 2.05) is 30.3 Å². The molecular weight excluding hydrogens is 520 g/mol. The highest BCUT2D eigenvalue weighted by atomic mass is 16.5. The molecule has 206 valence electrons. The molecule has 4 aromatic rings. The van der Waals surface area contributed by atoms with E-state index in [9.17, 15) is 19.2 Å². The van der Waals surface area contributed by atoms with Gasteiger partial charge in [0.05, 0.1) is 46.8 Å². The van der Waals surface area contributed by atoms with Crippen molar-refractivity contribution in [3.8, 4) is 5.69 Å². The molecule has 2 amide bonds. The van der Waals surface area contributed by atoms with Gasteiger partial charge < -0.3 is 4.74 Å². The minimum Gasteiger partial charge on any atom is -0.465 e. The number of methoxy groups -OCH3 is 1. The molecule has 1 aromatic heterocycles. The molecule has 1 spiro atoms. The quantitative estimate of drug-likeness (QED) is 0.307. The molecule has 2 fully saturated rings. The van der Waals surface area contributed by atoms with E-state index < -0.39 is 29.3 Å². The zero-order valence-electron chi connectivity index (χ0n) is 22.8. The van der Waals surface area contributed by atoms with E-state index in [-0.39, 0.29) is 34.7 Å². The smallest absolute Gasteiger partial charge is 0.339 e. The van der Waals surface area contributed by atoms with Crippen LogP contribution in [0.1, 0.15) is 42.0 Å². The van der Waals surface area contributed by atoms with Crippen LogP contribution >= 0.6 is 0 Å². The minimum atomic E-state index is -1.23. The normalized spacial score (nSPS) is 24.3. The lowest BCUT2D eigenvalue weighted by molar-refractivity contribution is -0.123. The summed E-state index contributed by atoms with van der Waals surface area (Å²) >= 11 is 0. The predicted octanol–water partition coefficient (Wildman–Crippen LogP) is 3.55. The van der Waals surface area contributed by atoms with Gasteiger partial charge in [-0.15, -0.1) is 0 Å². The van der Waals surface area contributed by atoms with Gasteiger partial charge in [0.15, 0.2) is 0 Å². The number of nitrogens with zero attached hydrogens (tertiary/aromatic N) is 3. The lowest BCUT2D eigenvalue weighted by atomic mass is 9.75. The Hall–Kier alpha value is -4.63. The first-order chi connectivity index (χ1) is 19.8. The Balaban J connectivity index is 1.51. The summed E-state index contributed by atoms with van der Waals surface area (Å²) in [5.41, 5.74) is 0.743. The molecule has 4 atom stereocenters. The molecule has 0 aliphatic carbocycles. The SMILES string of the molecule is COC(=O)c1ccccc1N1C(=O)[C@@H]2[C@H](CC(C)C)N[C@@]3(c4ccccc4-n4c3nc3ccccc3c4=O)[C@H]2C1=O. The van der Waals surface area contributed by atoms with Gasteiger partial charge >= 0.3 is 5.97 Å². The molecule has 2 saturated heterocycles. The molecule has 3 aliphatic heterocycles. The van der Waals surface area contributed by atoms with Crippen LogP contribution in [-0.2, 0) is 19.9 Å². The zero-order valence-corrected chi connectivity index (χ0v) is 22.8. The summed E-state index contributed by atoms with van der Waals surface area (Å²) < 4.78 is 6.55. The van der Waals surface area contributed by atoms with E-state index >= 15 is 0 Å². The molecule has 0 unspecified atom stereocenters. The highest BCUT2D eigenvalue weighted by Crippen LogP contribution is 2.56. The third kappa shape index (κ3) is 3.29. The number of fused-ring (bicyclic) bond motifs is 8. The average molecular weight is 549 g/mol. The molecule has 9 nitrogen and oxygen atoms in total. The molecule has 9 heteroatoms. The van der Waals surface area contributed by atoms with Crippen molar-refractivity contribution < 1.29 is 19.1 Å². The first kappa shape index (κ1) is 25.3. The molecule has 0 radical (unpaired) electrons. The molecule has 3 aromatic carbocycles. The average Bonchev–Trinajstić information content (AvgIpc) is 3.55. The fourth-order valence-electron chi connectivity index (χ4n) is 7.12. The second-order valence-electron chi connectivity index (χ2n) is 11.3. The van der Waals surface area contributed by atoms with Crippen LogP contribution in [0.25, 0.3) is 16.6 Å². The topological polar surface area (TPSA) is 111 Å². The van der Waals surface area contributed by atoms with Gasteiger partial charge in [-0.1, -0.05) is 56.3 Å². The number of hydrogen-bond acceptors (Lipinski definition) is 7. The molecule has 41 heavy (non-hydrogen) atoms. The van der Waals surface area contributed by atoms with Crippen molar-refractivity contribution in [2.75, 3.05) is 12.0 Å². The Morgan fingerprint density at radius 1 is 0.951 bits per heavy atom. The van der Waals surface area contributed by atoms with Crippen molar-refractivity contribution >= 4 is 34.4 Å². The third-order valence-corrected chi connectivity index (χ3v) is 8.64. The van der Waals surface area contributed by atoms with Crippen molar-refractivity contribution in [1.82, 2.24) is 14.9 Å². The summed E-state index contributed by atoms with van der Waals surface area (Å²) in [5.74, 6) is -2.49. The Kier molecular flexibility index (Phi) is 5.53. The Labute approximate surface area is 235 Å². The number of para-hydroxylation sites is 3. The van der Waals surface area contributed by atoms with Gasteiger partial charge in [0.1, 0.15) is 11.4 Å². The second-order valence-corrected chi connectivity index (χ2v) is 11.3. The summed E-state index contributed by atoms with van der Waals surface area (Å²) in [7, 11) is 1.26. The maximum absolute atomic E-state index is 14.6. The molecule has 7 rings (SSSR count). The number of imide groups is 1. The Morgan fingerprint density at radius 3 is 2.39 bits per heavy atom. The van der Waals surface area contributed by atoms with Crippen LogP contribution in [0.15, 0.2) is 77.6 Å². The fraction of sp³-hybridized carbons (Fsp3) is 0.281. The van der Waals surface area contributed by atoms with Crippen LogP contribution in [0.3, 0.4) is 0 Å². The third-order valence-electron chi connectivity index (χ3n) is 8.64. The van der Waals surface area contributed by atoms with E-state index in [4.69, 9.17) is 9.72 Å². The van der Waals surface area contributed by atoms with Gasteiger partial charge in [0, 0.05) is 11.6 Å². The molecule has 1 N–H and O–H groups in total. The highest BCUT2D eigenvalue weighted by Gasteiger charge is 2.69. The number of carbonyl (C=O) groups excluding carboxylic acids is 3. The van der Waals surface area contributed by atoms with Crippen LogP contribution in [0, 0.1) is 17.8 Å². The maximum atomic E-state index is 14.6. The van der Waals surface area contributed by atoms with E-state index in [0.29, 0.717) is 28.8 Å². The van der Waals surface area contributed by atoms with Gasteiger partial charge in [-0.3, -0.25) is 24.3 Å². The van der Waals surface area contributed by atoms with Crippen molar-refractivity contribution in [2.24, 2.45) is 17.8 Å². The Bertz CT molecular complexity index is 1850. The van der Waals surface area contributed by atoms with E-state index in [1.54, 1.807) is 47.0 Å². The number of ether oxygens (including phenoxy) is 1. The monoisotopic (exact) mass is 548 g/mol. The summed E-state index contributed by atoms with van der Waals surface area (Å²) in [6.07, 6.45) is 0.619. The summed E-state index contributed by atoms with van der Waals surface area (Å²) in [6.45, 7) is 4.14. The molecule has 0 saturated carbocycles. The number of carbonyl (C=O) groups is 3. The number of nitrogens with one attached hydrogen (secondary N) is 1. The number of esters is 1. The number of amides is 2. The molecule has 0 bridgehead atoms. The molecule has 3 aliphatic rings. The van der Waals surface area contributed by atoms with Crippen molar-refractivity contribution in [2.45, 2.75) is 31.8 Å². The first-order valence-electron chi connectivity index (χ1n) is 13.7. The van der Waals surface area contributed by atoms with Crippen LogP contribution in [0.2, 0.25) is 0 Å². The van der Waals surface area contributed by atoms with Gasteiger partial charge in [-0.25, -0.2) is 14.7 Å². The molecular formula is C32H28N4O5. The second kappa shape index (κ2) is 8.94. The van der Waals surface area contributed by atoms with E-state index in [2.05, 4.69) is 19.2 Å². The lowest BCUT2D eigenvalue weighted by Gasteiger charge is -2.32. The van der Waals surface area contributed by atoms with Crippen molar-refractivity contribution in [3.05, 3.63) is 100 Å². The van der Waals surface area contributed by atoms with Gasteiger partial charge in [-0.2, -0.15) is 0 Å². The summed E-state index contributed by atoms with van der Waals surface area (Å²) in [5, 5.41) is 4.17. The van der Waals surface area contributed by atoms with Crippen LogP contribution in [0.5, 0.6) is 0 Å². The lowest BCUT2D eigenvalue weighted by Crippen LogP contribution is -2.50. The Morgan fingerprint density at radius 2 is 1.63 bits per heavy atom. The number of rotatable bonds is 4. The standard InChI is InChI=1S/C32H28N4O5/c1-17(2)16-22-25-26(29(39)35(28(25)38)23-14-8-5-11-19(23)30(40)41-3)32(34-22)20-12-6-9-15-24(20)36-27(37)18-10-4-7-13-21(18)33-31(32)36/h4-15,17,22,25-26,34H,16H2,1-3H3/t22-,25+,26+,32-/m0/s1. The van der Waals surface area contributed by atoms with Crippen LogP contribution < -0.4 is 15.8 Å².